The van der Waals surface area contributed by atoms with Crippen LogP contribution in [0.3, 0.4) is 0 Å². The van der Waals surface area contributed by atoms with Crippen molar-refractivity contribution in [3.63, 3.8) is 0 Å². The highest BCUT2D eigenvalue weighted by molar-refractivity contribution is 7.98. The van der Waals surface area contributed by atoms with E-state index in [-0.39, 0.29) is 0 Å². The molecule has 1 rings (SSSR count). The minimum absolute atomic E-state index is 0.684. The number of carbonyl (C=O) groups excluding carboxylic acids is 1. The van der Waals surface area contributed by atoms with Gasteiger partial charge in [0.25, 0.3) is 0 Å². The molecule has 0 saturated carbocycles. The van der Waals surface area contributed by atoms with Crippen molar-refractivity contribution in [3.05, 3.63) is 11.1 Å². The Morgan fingerprint density at radius 1 is 1.69 bits per heavy atom. The van der Waals surface area contributed by atoms with Gasteiger partial charge in [0.15, 0.2) is 5.13 Å². The second-order valence-corrected chi connectivity index (χ2v) is 4.65. The SMILES string of the molecule is NN=CNc1nc(CSCCNC=O)cs1. The summed E-state index contributed by atoms with van der Waals surface area (Å²) in [6.07, 6.45) is 2.10. The molecule has 8 heteroatoms. The van der Waals surface area contributed by atoms with Crippen molar-refractivity contribution in [1.82, 2.24) is 10.3 Å². The number of anilines is 1. The molecule has 0 atom stereocenters. The van der Waals surface area contributed by atoms with E-state index in [4.69, 9.17) is 5.84 Å². The molecule has 0 saturated heterocycles. The standard InChI is InChI=1S/C8H13N5OS2/c9-12-5-11-8-13-7(4-16-8)3-15-2-1-10-6-14/h4-6H,1-3,9H2,(H,10,14)(H,11,12,13). The normalized spacial score (nSPS) is 10.5. The first-order chi connectivity index (χ1) is 7.86. The van der Waals surface area contributed by atoms with Gasteiger partial charge in [0.05, 0.1) is 5.69 Å². The quantitative estimate of drug-likeness (QED) is 0.157. The van der Waals surface area contributed by atoms with E-state index in [0.717, 1.165) is 22.3 Å². The lowest BCUT2D eigenvalue weighted by atomic mass is 10.6. The summed E-state index contributed by atoms with van der Waals surface area (Å²) in [5.74, 6) is 6.66. The Bertz CT molecular complexity index is 341. The molecule has 0 radical (unpaired) electrons. The van der Waals surface area contributed by atoms with Crippen molar-refractivity contribution in [3.8, 4) is 0 Å². The number of hydrogen-bond acceptors (Lipinski definition) is 6. The Balaban J connectivity index is 2.21. The molecule has 16 heavy (non-hydrogen) atoms. The zero-order valence-corrected chi connectivity index (χ0v) is 10.2. The Morgan fingerprint density at radius 2 is 2.56 bits per heavy atom. The number of aromatic nitrogens is 1. The first-order valence-corrected chi connectivity index (χ1v) is 6.57. The third-order valence-electron chi connectivity index (χ3n) is 1.54. The average molecular weight is 259 g/mol. The van der Waals surface area contributed by atoms with E-state index in [1.165, 1.54) is 17.7 Å². The zero-order valence-electron chi connectivity index (χ0n) is 8.55. The highest BCUT2D eigenvalue weighted by atomic mass is 32.2. The molecular weight excluding hydrogens is 246 g/mol. The summed E-state index contributed by atoms with van der Waals surface area (Å²) < 4.78 is 0. The number of amides is 1. The number of hydrogen-bond donors (Lipinski definition) is 3. The van der Waals surface area contributed by atoms with Crippen LogP contribution in [0.15, 0.2) is 10.5 Å². The molecule has 4 N–H and O–H groups in total. The molecule has 0 aliphatic heterocycles. The van der Waals surface area contributed by atoms with Crippen LogP contribution in [0.5, 0.6) is 0 Å². The van der Waals surface area contributed by atoms with Crippen LogP contribution < -0.4 is 16.5 Å². The van der Waals surface area contributed by atoms with Gasteiger partial charge in [-0.2, -0.15) is 16.9 Å². The molecular formula is C8H13N5OS2. The van der Waals surface area contributed by atoms with Crippen molar-refractivity contribution < 1.29 is 4.79 Å². The number of nitrogens with zero attached hydrogens (tertiary/aromatic N) is 2. The van der Waals surface area contributed by atoms with Crippen molar-refractivity contribution >= 4 is 41.0 Å². The summed E-state index contributed by atoms with van der Waals surface area (Å²) >= 11 is 3.22. The van der Waals surface area contributed by atoms with Gasteiger partial charge in [-0.3, -0.25) is 4.79 Å². The Hall–Kier alpha value is -1.28. The second-order valence-electron chi connectivity index (χ2n) is 2.69. The fourth-order valence-electron chi connectivity index (χ4n) is 0.899. The van der Waals surface area contributed by atoms with Crippen LogP contribution in [-0.4, -0.2) is 30.0 Å². The number of carbonyl (C=O) groups is 1. The van der Waals surface area contributed by atoms with E-state index in [2.05, 4.69) is 20.7 Å². The predicted molar refractivity (Wildman–Crippen MR) is 68.6 cm³/mol. The summed E-state index contributed by atoms with van der Waals surface area (Å²) in [5.41, 5.74) is 1.01. The van der Waals surface area contributed by atoms with Crippen molar-refractivity contribution in [2.45, 2.75) is 5.75 Å². The molecule has 0 aromatic carbocycles. The topological polar surface area (TPSA) is 92.4 Å². The van der Waals surface area contributed by atoms with Gasteiger partial charge in [-0.15, -0.1) is 11.3 Å². The molecule has 1 aromatic heterocycles. The van der Waals surface area contributed by atoms with Crippen molar-refractivity contribution in [2.75, 3.05) is 17.6 Å². The maximum Gasteiger partial charge on any atom is 0.207 e. The Kier molecular flexibility index (Phi) is 6.35. The number of thiazole rings is 1. The van der Waals surface area contributed by atoms with E-state index >= 15 is 0 Å². The van der Waals surface area contributed by atoms with Gasteiger partial charge in [0.1, 0.15) is 6.34 Å². The number of thioether (sulfide) groups is 1. The molecule has 1 amide bonds. The molecule has 0 aliphatic rings. The highest BCUT2D eigenvalue weighted by Crippen LogP contribution is 2.18. The van der Waals surface area contributed by atoms with Crippen LogP contribution in [0.1, 0.15) is 5.69 Å². The predicted octanol–water partition coefficient (Wildman–Crippen LogP) is 0.436. The molecule has 0 aliphatic carbocycles. The van der Waals surface area contributed by atoms with Gasteiger partial charge < -0.3 is 16.5 Å². The lowest BCUT2D eigenvalue weighted by molar-refractivity contribution is -0.109. The van der Waals surface area contributed by atoms with Crippen LogP contribution >= 0.6 is 23.1 Å². The first kappa shape index (κ1) is 12.8. The average Bonchev–Trinajstić information content (AvgIpc) is 2.74. The van der Waals surface area contributed by atoms with Crippen molar-refractivity contribution in [2.24, 2.45) is 10.9 Å². The lowest BCUT2D eigenvalue weighted by Gasteiger charge is -1.97. The summed E-state index contributed by atoms with van der Waals surface area (Å²) in [6.45, 7) is 0.684. The van der Waals surface area contributed by atoms with Crippen LogP contribution in [0, 0.1) is 0 Å². The van der Waals surface area contributed by atoms with Gasteiger partial charge >= 0.3 is 0 Å². The van der Waals surface area contributed by atoms with Crippen molar-refractivity contribution in [1.29, 1.82) is 0 Å². The van der Waals surface area contributed by atoms with E-state index in [1.54, 1.807) is 11.8 Å². The smallest absolute Gasteiger partial charge is 0.207 e. The summed E-state index contributed by atoms with van der Waals surface area (Å²) in [5, 5.41) is 11.5. The minimum atomic E-state index is 0.684. The number of hydrazone groups is 1. The van der Waals surface area contributed by atoms with E-state index < -0.39 is 0 Å². The Labute approximate surface area is 102 Å². The third kappa shape index (κ3) is 4.99. The van der Waals surface area contributed by atoms with Gasteiger partial charge in [-0.25, -0.2) is 4.98 Å². The van der Waals surface area contributed by atoms with Crippen LogP contribution in [-0.2, 0) is 10.5 Å². The molecule has 0 bridgehead atoms. The van der Waals surface area contributed by atoms with E-state index in [0.29, 0.717) is 13.0 Å². The summed E-state index contributed by atoms with van der Waals surface area (Å²) in [7, 11) is 0. The Morgan fingerprint density at radius 3 is 3.31 bits per heavy atom. The zero-order chi connectivity index (χ0) is 11.6. The fourth-order valence-corrected chi connectivity index (χ4v) is 2.44. The van der Waals surface area contributed by atoms with E-state index in [1.807, 2.05) is 5.38 Å². The largest absolute Gasteiger partial charge is 0.358 e. The van der Waals surface area contributed by atoms with E-state index in [9.17, 15) is 4.79 Å². The second kappa shape index (κ2) is 7.94. The maximum atomic E-state index is 9.98. The van der Waals surface area contributed by atoms with Gasteiger partial charge in [-0.05, 0) is 0 Å². The van der Waals surface area contributed by atoms with Crippen LogP contribution in [0.2, 0.25) is 0 Å². The monoisotopic (exact) mass is 259 g/mol. The molecule has 0 unspecified atom stereocenters. The molecule has 0 fully saturated rings. The van der Waals surface area contributed by atoms with Gasteiger partial charge in [0.2, 0.25) is 6.41 Å². The number of rotatable bonds is 8. The molecule has 6 nitrogen and oxygen atoms in total. The first-order valence-electron chi connectivity index (χ1n) is 4.54. The molecule has 1 heterocycles. The number of nitrogens with two attached hydrogens (primary N) is 1. The summed E-state index contributed by atoms with van der Waals surface area (Å²) in [4.78, 5) is 14.3. The summed E-state index contributed by atoms with van der Waals surface area (Å²) in [6, 6.07) is 0. The lowest BCUT2D eigenvalue weighted by Crippen LogP contribution is -2.14. The van der Waals surface area contributed by atoms with Gasteiger partial charge in [-0.1, -0.05) is 0 Å². The minimum Gasteiger partial charge on any atom is -0.358 e. The van der Waals surface area contributed by atoms with Crippen LogP contribution in [0.25, 0.3) is 0 Å². The number of nitrogens with one attached hydrogen (secondary N) is 2. The third-order valence-corrected chi connectivity index (χ3v) is 3.35. The van der Waals surface area contributed by atoms with Crippen LogP contribution in [0.4, 0.5) is 5.13 Å². The maximum absolute atomic E-state index is 9.98. The highest BCUT2D eigenvalue weighted by Gasteiger charge is 2.00. The van der Waals surface area contributed by atoms with Gasteiger partial charge in [0, 0.05) is 23.4 Å². The molecule has 88 valence electrons. The molecule has 1 aromatic rings. The fraction of sp³-hybridized carbons (Fsp3) is 0.375. The molecule has 0 spiro atoms.